The van der Waals surface area contributed by atoms with Crippen LogP contribution in [0.3, 0.4) is 0 Å². The summed E-state index contributed by atoms with van der Waals surface area (Å²) in [5.41, 5.74) is 0.562. The molecule has 1 saturated heterocycles. The Hall–Kier alpha value is -3.41. The first kappa shape index (κ1) is 18.0. The first-order valence-corrected chi connectivity index (χ1v) is 9.38. The second kappa shape index (κ2) is 7.68. The molecule has 0 aliphatic carbocycles. The van der Waals surface area contributed by atoms with Gasteiger partial charge < -0.3 is 4.90 Å². The Labute approximate surface area is 161 Å². The number of para-hydroxylation sites is 1. The van der Waals surface area contributed by atoms with Crippen LogP contribution >= 0.6 is 0 Å². The molecule has 142 valence electrons. The van der Waals surface area contributed by atoms with E-state index >= 15 is 0 Å². The number of aromatic nitrogens is 2. The lowest BCUT2D eigenvalue weighted by Gasteiger charge is -2.23. The molecule has 1 aromatic heterocycles. The molecule has 0 radical (unpaired) electrons. The third-order valence-electron chi connectivity index (χ3n) is 5.13. The number of likely N-dealkylation sites (tertiary alicyclic amines) is 1. The molecule has 6 heteroatoms. The summed E-state index contributed by atoms with van der Waals surface area (Å²) in [6.07, 6.45) is 5.90. The van der Waals surface area contributed by atoms with Crippen molar-refractivity contribution in [3.8, 4) is 0 Å². The summed E-state index contributed by atoms with van der Waals surface area (Å²) in [6.45, 7) is 0.574. The molecule has 0 bridgehead atoms. The van der Waals surface area contributed by atoms with E-state index in [1.165, 1.54) is 4.57 Å². The van der Waals surface area contributed by atoms with Crippen LogP contribution in [0.25, 0.3) is 17.0 Å². The summed E-state index contributed by atoms with van der Waals surface area (Å²) in [7, 11) is 0. The molecule has 1 aliphatic heterocycles. The minimum Gasteiger partial charge on any atom is -0.335 e. The van der Waals surface area contributed by atoms with Crippen LogP contribution in [0.2, 0.25) is 0 Å². The lowest BCUT2D eigenvalue weighted by molar-refractivity contribution is -0.131. The van der Waals surface area contributed by atoms with Gasteiger partial charge in [-0.05, 0) is 30.5 Å². The van der Waals surface area contributed by atoms with Crippen molar-refractivity contribution in [2.75, 3.05) is 6.54 Å². The summed E-state index contributed by atoms with van der Waals surface area (Å²) in [5.74, 6) is -0.125. The highest BCUT2D eigenvalue weighted by molar-refractivity contribution is 5.82. The van der Waals surface area contributed by atoms with Crippen molar-refractivity contribution in [2.24, 2.45) is 0 Å². The highest BCUT2D eigenvalue weighted by Crippen LogP contribution is 2.20. The number of hydrogen-bond acceptors (Lipinski definition) is 3. The summed E-state index contributed by atoms with van der Waals surface area (Å²) < 4.78 is 1.34. The van der Waals surface area contributed by atoms with Gasteiger partial charge in [0.25, 0.3) is 5.56 Å². The number of nitrogens with zero attached hydrogens (tertiary/aromatic N) is 2. The normalized spacial score (nSPS) is 16.9. The number of benzene rings is 2. The van der Waals surface area contributed by atoms with E-state index in [0.717, 1.165) is 18.4 Å². The van der Waals surface area contributed by atoms with E-state index in [-0.39, 0.29) is 18.5 Å². The standard InChI is InChI=1S/C22H21N3O3/c26-20(15-25-19-11-5-4-10-18(19)21(27)23-22(25)28)24-14-6-9-17(24)13-12-16-7-2-1-3-8-16/h1-5,7-8,10-13,17H,6,9,14-15H2,(H,23,27,28)/b13-12+. The van der Waals surface area contributed by atoms with Crippen molar-refractivity contribution in [1.82, 2.24) is 14.5 Å². The van der Waals surface area contributed by atoms with Crippen molar-refractivity contribution in [1.29, 1.82) is 0 Å². The molecular weight excluding hydrogens is 354 g/mol. The van der Waals surface area contributed by atoms with E-state index in [4.69, 9.17) is 0 Å². The van der Waals surface area contributed by atoms with E-state index in [1.807, 2.05) is 47.4 Å². The van der Waals surface area contributed by atoms with E-state index in [9.17, 15) is 14.4 Å². The van der Waals surface area contributed by atoms with E-state index in [1.54, 1.807) is 24.3 Å². The number of H-pyrrole nitrogens is 1. The van der Waals surface area contributed by atoms with Crippen LogP contribution in [0.15, 0.2) is 70.3 Å². The average molecular weight is 375 g/mol. The number of amides is 1. The Morgan fingerprint density at radius 2 is 1.82 bits per heavy atom. The minimum absolute atomic E-state index is 0.0115. The molecular formula is C22H21N3O3. The van der Waals surface area contributed by atoms with Crippen LogP contribution in [0.5, 0.6) is 0 Å². The van der Waals surface area contributed by atoms with Gasteiger partial charge in [-0.15, -0.1) is 0 Å². The molecule has 0 spiro atoms. The Bertz CT molecular complexity index is 1140. The van der Waals surface area contributed by atoms with Gasteiger partial charge in [-0.1, -0.05) is 54.6 Å². The van der Waals surface area contributed by atoms with Crippen molar-refractivity contribution >= 4 is 22.9 Å². The maximum atomic E-state index is 13.0. The Kier molecular flexibility index (Phi) is 4.93. The first-order chi connectivity index (χ1) is 13.6. The zero-order valence-corrected chi connectivity index (χ0v) is 15.4. The number of fused-ring (bicyclic) bond motifs is 1. The van der Waals surface area contributed by atoms with Crippen LogP contribution in [-0.2, 0) is 11.3 Å². The van der Waals surface area contributed by atoms with Gasteiger partial charge in [-0.3, -0.25) is 19.1 Å². The molecule has 1 amide bonds. The fourth-order valence-corrected chi connectivity index (χ4v) is 3.71. The summed E-state index contributed by atoms with van der Waals surface area (Å²) in [4.78, 5) is 41.4. The van der Waals surface area contributed by atoms with Gasteiger partial charge in [-0.25, -0.2) is 4.79 Å². The summed E-state index contributed by atoms with van der Waals surface area (Å²) >= 11 is 0. The molecule has 1 unspecified atom stereocenters. The first-order valence-electron chi connectivity index (χ1n) is 9.38. The maximum Gasteiger partial charge on any atom is 0.329 e. The lowest BCUT2D eigenvalue weighted by atomic mass is 10.1. The average Bonchev–Trinajstić information content (AvgIpc) is 3.19. The van der Waals surface area contributed by atoms with Crippen LogP contribution in [-0.4, -0.2) is 32.9 Å². The number of hydrogen-bond donors (Lipinski definition) is 1. The highest BCUT2D eigenvalue weighted by atomic mass is 16.2. The molecule has 2 aromatic carbocycles. The van der Waals surface area contributed by atoms with Gasteiger partial charge in [-0.2, -0.15) is 0 Å². The highest BCUT2D eigenvalue weighted by Gasteiger charge is 2.27. The van der Waals surface area contributed by atoms with E-state index < -0.39 is 11.2 Å². The Balaban J connectivity index is 1.58. The van der Waals surface area contributed by atoms with Gasteiger partial charge in [0.15, 0.2) is 0 Å². The number of rotatable bonds is 4. The van der Waals surface area contributed by atoms with Crippen LogP contribution in [0.4, 0.5) is 0 Å². The fourth-order valence-electron chi connectivity index (χ4n) is 3.71. The monoisotopic (exact) mass is 375 g/mol. The maximum absolute atomic E-state index is 13.0. The third-order valence-corrected chi connectivity index (χ3v) is 5.13. The molecule has 6 nitrogen and oxygen atoms in total. The molecule has 1 fully saturated rings. The van der Waals surface area contributed by atoms with Crippen LogP contribution < -0.4 is 11.2 Å². The molecule has 3 aromatic rings. The van der Waals surface area contributed by atoms with Crippen molar-refractivity contribution < 1.29 is 4.79 Å². The minimum atomic E-state index is -0.562. The number of carbonyl (C=O) groups is 1. The number of carbonyl (C=O) groups excluding carboxylic acids is 1. The second-order valence-corrected chi connectivity index (χ2v) is 6.93. The van der Waals surface area contributed by atoms with Gasteiger partial charge in [0.05, 0.1) is 16.9 Å². The van der Waals surface area contributed by atoms with Gasteiger partial charge in [0.1, 0.15) is 6.54 Å². The predicted octanol–water partition coefficient (Wildman–Crippen LogP) is 2.39. The molecule has 4 rings (SSSR count). The fraction of sp³-hybridized carbons (Fsp3) is 0.227. The summed E-state index contributed by atoms with van der Waals surface area (Å²) in [5, 5.41) is 0.400. The topological polar surface area (TPSA) is 75.2 Å². The predicted molar refractivity (Wildman–Crippen MR) is 109 cm³/mol. The summed E-state index contributed by atoms with van der Waals surface area (Å²) in [6, 6.07) is 16.8. The van der Waals surface area contributed by atoms with E-state index in [0.29, 0.717) is 17.4 Å². The molecule has 1 aliphatic rings. The molecule has 1 N–H and O–H groups in total. The number of aromatic amines is 1. The zero-order chi connectivity index (χ0) is 19.5. The van der Waals surface area contributed by atoms with Gasteiger partial charge in [0, 0.05) is 6.54 Å². The Morgan fingerprint density at radius 3 is 2.64 bits per heavy atom. The molecule has 1 atom stereocenters. The van der Waals surface area contributed by atoms with Crippen LogP contribution in [0.1, 0.15) is 18.4 Å². The molecule has 0 saturated carbocycles. The van der Waals surface area contributed by atoms with Crippen molar-refractivity contribution in [3.63, 3.8) is 0 Å². The van der Waals surface area contributed by atoms with Crippen molar-refractivity contribution in [3.05, 3.63) is 87.1 Å². The second-order valence-electron chi connectivity index (χ2n) is 6.93. The van der Waals surface area contributed by atoms with Crippen molar-refractivity contribution in [2.45, 2.75) is 25.4 Å². The third kappa shape index (κ3) is 3.53. The largest absolute Gasteiger partial charge is 0.335 e. The van der Waals surface area contributed by atoms with Crippen LogP contribution in [0, 0.1) is 0 Å². The lowest BCUT2D eigenvalue weighted by Crippen LogP contribution is -2.40. The Morgan fingerprint density at radius 1 is 1.07 bits per heavy atom. The van der Waals surface area contributed by atoms with E-state index in [2.05, 4.69) is 4.98 Å². The smallest absolute Gasteiger partial charge is 0.329 e. The quantitative estimate of drug-likeness (QED) is 0.761. The van der Waals surface area contributed by atoms with Gasteiger partial charge in [0.2, 0.25) is 5.91 Å². The number of nitrogens with one attached hydrogen (secondary N) is 1. The molecule has 2 heterocycles. The zero-order valence-electron chi connectivity index (χ0n) is 15.4. The molecule has 28 heavy (non-hydrogen) atoms. The SMILES string of the molecule is O=C(Cn1c(=O)[nH]c(=O)c2ccccc21)N1CCCC1/C=C/c1ccccc1. The van der Waals surface area contributed by atoms with Gasteiger partial charge >= 0.3 is 5.69 Å².